The Balaban J connectivity index is 1.81. The summed E-state index contributed by atoms with van der Waals surface area (Å²) in [6.45, 7) is 2.01. The van der Waals surface area contributed by atoms with E-state index in [4.69, 9.17) is 4.98 Å². The molecular formula is C15H19N3O. The molecule has 0 bridgehead atoms. The monoisotopic (exact) mass is 257 g/mol. The quantitative estimate of drug-likeness (QED) is 0.776. The number of nitrogens with one attached hydrogen (secondary N) is 1. The van der Waals surface area contributed by atoms with E-state index in [0.717, 1.165) is 23.6 Å². The fourth-order valence-corrected chi connectivity index (χ4v) is 4.05. The summed E-state index contributed by atoms with van der Waals surface area (Å²) in [5, 5.41) is 3.03. The number of amides is 1. The average molecular weight is 257 g/mol. The summed E-state index contributed by atoms with van der Waals surface area (Å²) in [6.07, 6.45) is 6.09. The van der Waals surface area contributed by atoms with Gasteiger partial charge in [0.25, 0.3) is 0 Å². The number of anilines is 2. The number of hydrogen-bond acceptors (Lipinski definition) is 3. The normalized spacial score (nSPS) is 32.4. The third-order valence-corrected chi connectivity index (χ3v) is 4.91. The number of hydrogen-bond donors (Lipinski definition) is 1. The van der Waals surface area contributed by atoms with Gasteiger partial charge < -0.3 is 10.2 Å². The zero-order chi connectivity index (χ0) is 13.0. The predicted octanol–water partition coefficient (Wildman–Crippen LogP) is 2.48. The van der Waals surface area contributed by atoms with Gasteiger partial charge in [0.2, 0.25) is 5.91 Å². The van der Waals surface area contributed by atoms with Gasteiger partial charge in [-0.25, -0.2) is 4.98 Å². The van der Waals surface area contributed by atoms with Gasteiger partial charge in [0, 0.05) is 11.7 Å². The lowest BCUT2D eigenvalue weighted by atomic mass is 9.85. The Bertz CT molecular complexity index is 542. The molecule has 1 aromatic rings. The number of carbonyl (C=O) groups is 1. The van der Waals surface area contributed by atoms with Gasteiger partial charge in [-0.1, -0.05) is 12.8 Å². The molecule has 4 rings (SSSR count). The summed E-state index contributed by atoms with van der Waals surface area (Å²) in [4.78, 5) is 19.3. The molecule has 3 aliphatic rings. The second kappa shape index (κ2) is 3.95. The standard InChI is InChI=1S/C15H19N3O/c1-9-6-7-11-14(16-9)18-12-5-3-2-4-10(12)8-13(18)15(19)17-11/h6-7,10,12-13H,2-5,8H2,1H3,(H,17,19). The second-order valence-electron chi connectivity index (χ2n) is 6.08. The van der Waals surface area contributed by atoms with Gasteiger partial charge in [0.15, 0.2) is 5.82 Å². The van der Waals surface area contributed by atoms with Gasteiger partial charge in [0.05, 0.1) is 5.69 Å². The first-order chi connectivity index (χ1) is 9.24. The number of nitrogens with zero attached hydrogens (tertiary/aromatic N) is 2. The molecule has 1 aromatic heterocycles. The number of aromatic nitrogens is 1. The van der Waals surface area contributed by atoms with E-state index < -0.39 is 0 Å². The molecule has 3 atom stereocenters. The van der Waals surface area contributed by atoms with E-state index >= 15 is 0 Å². The molecular weight excluding hydrogens is 238 g/mol. The van der Waals surface area contributed by atoms with Crippen molar-refractivity contribution < 1.29 is 4.79 Å². The highest BCUT2D eigenvalue weighted by molar-refractivity contribution is 6.03. The van der Waals surface area contributed by atoms with E-state index in [1.807, 2.05) is 19.1 Å². The number of fused-ring (bicyclic) bond motifs is 5. The zero-order valence-corrected chi connectivity index (χ0v) is 11.2. The Hall–Kier alpha value is -1.58. The molecule has 1 aliphatic carbocycles. The fourth-order valence-electron chi connectivity index (χ4n) is 4.05. The van der Waals surface area contributed by atoms with Gasteiger partial charge in [-0.3, -0.25) is 4.79 Å². The lowest BCUT2D eigenvalue weighted by molar-refractivity contribution is -0.117. The van der Waals surface area contributed by atoms with Crippen molar-refractivity contribution in [1.82, 2.24) is 4.98 Å². The third kappa shape index (κ3) is 1.58. The molecule has 0 radical (unpaired) electrons. The highest BCUT2D eigenvalue weighted by Crippen LogP contribution is 2.45. The van der Waals surface area contributed by atoms with Gasteiger partial charge in [-0.2, -0.15) is 0 Å². The minimum absolute atomic E-state index is 0.00917. The van der Waals surface area contributed by atoms with Crippen molar-refractivity contribution in [2.75, 3.05) is 10.2 Å². The van der Waals surface area contributed by atoms with E-state index in [0.29, 0.717) is 12.0 Å². The van der Waals surface area contributed by atoms with Crippen LogP contribution in [-0.2, 0) is 4.79 Å². The largest absolute Gasteiger partial charge is 0.340 e. The molecule has 0 spiro atoms. The highest BCUT2D eigenvalue weighted by atomic mass is 16.2. The van der Waals surface area contributed by atoms with Gasteiger partial charge >= 0.3 is 0 Å². The molecule has 2 fully saturated rings. The molecule has 3 unspecified atom stereocenters. The molecule has 0 aromatic carbocycles. The van der Waals surface area contributed by atoms with Crippen molar-refractivity contribution in [3.8, 4) is 0 Å². The van der Waals surface area contributed by atoms with E-state index in [9.17, 15) is 4.79 Å². The van der Waals surface area contributed by atoms with E-state index in [1.165, 1.54) is 25.7 Å². The minimum atomic E-state index is 0.00917. The topological polar surface area (TPSA) is 45.2 Å². The number of aryl methyl sites for hydroxylation is 1. The summed E-state index contributed by atoms with van der Waals surface area (Å²) < 4.78 is 0. The average Bonchev–Trinajstić information content (AvgIpc) is 2.80. The van der Waals surface area contributed by atoms with Crippen molar-refractivity contribution in [3.63, 3.8) is 0 Å². The zero-order valence-electron chi connectivity index (χ0n) is 11.2. The molecule has 100 valence electrons. The van der Waals surface area contributed by atoms with E-state index in [2.05, 4.69) is 10.2 Å². The first-order valence-electron chi connectivity index (χ1n) is 7.31. The van der Waals surface area contributed by atoms with Crippen LogP contribution in [0.4, 0.5) is 11.5 Å². The van der Waals surface area contributed by atoms with Crippen molar-refractivity contribution >= 4 is 17.4 Å². The molecule has 1 N–H and O–H groups in total. The number of pyridine rings is 1. The molecule has 1 amide bonds. The van der Waals surface area contributed by atoms with Crippen LogP contribution in [0.25, 0.3) is 0 Å². The lowest BCUT2D eigenvalue weighted by Gasteiger charge is -2.38. The van der Waals surface area contributed by atoms with Crippen LogP contribution in [0.15, 0.2) is 12.1 Å². The molecule has 19 heavy (non-hydrogen) atoms. The Morgan fingerprint density at radius 3 is 3.05 bits per heavy atom. The van der Waals surface area contributed by atoms with Crippen LogP contribution in [0.1, 0.15) is 37.8 Å². The van der Waals surface area contributed by atoms with Gasteiger partial charge in [-0.05, 0) is 44.2 Å². The molecule has 1 saturated carbocycles. The summed E-state index contributed by atoms with van der Waals surface area (Å²) in [6, 6.07) is 4.49. The van der Waals surface area contributed by atoms with Crippen LogP contribution in [-0.4, -0.2) is 23.0 Å². The molecule has 3 heterocycles. The second-order valence-corrected chi connectivity index (χ2v) is 6.08. The first kappa shape index (κ1) is 11.3. The van der Waals surface area contributed by atoms with Crippen molar-refractivity contribution in [2.24, 2.45) is 5.92 Å². The van der Waals surface area contributed by atoms with Crippen molar-refractivity contribution in [1.29, 1.82) is 0 Å². The Morgan fingerprint density at radius 1 is 1.32 bits per heavy atom. The number of carbonyl (C=O) groups excluding carboxylic acids is 1. The predicted molar refractivity (Wildman–Crippen MR) is 74.2 cm³/mol. The minimum Gasteiger partial charge on any atom is -0.340 e. The maximum atomic E-state index is 12.3. The summed E-state index contributed by atoms with van der Waals surface area (Å²) in [7, 11) is 0. The number of rotatable bonds is 0. The van der Waals surface area contributed by atoms with Crippen LogP contribution >= 0.6 is 0 Å². The molecule has 4 nitrogen and oxygen atoms in total. The molecule has 1 saturated heterocycles. The maximum absolute atomic E-state index is 12.3. The van der Waals surface area contributed by atoms with Crippen LogP contribution in [0.3, 0.4) is 0 Å². The molecule has 2 aliphatic heterocycles. The summed E-state index contributed by atoms with van der Waals surface area (Å²) >= 11 is 0. The Labute approximate surface area is 113 Å². The van der Waals surface area contributed by atoms with Crippen LogP contribution in [0, 0.1) is 12.8 Å². The third-order valence-electron chi connectivity index (χ3n) is 4.91. The fraction of sp³-hybridized carbons (Fsp3) is 0.600. The lowest BCUT2D eigenvalue weighted by Crippen LogP contribution is -2.48. The van der Waals surface area contributed by atoms with Crippen molar-refractivity contribution in [2.45, 2.75) is 51.1 Å². The van der Waals surface area contributed by atoms with Crippen LogP contribution < -0.4 is 10.2 Å². The van der Waals surface area contributed by atoms with Crippen molar-refractivity contribution in [3.05, 3.63) is 17.8 Å². The summed E-state index contributed by atoms with van der Waals surface area (Å²) in [5.41, 5.74) is 1.91. The maximum Gasteiger partial charge on any atom is 0.247 e. The van der Waals surface area contributed by atoms with Gasteiger partial charge in [-0.15, -0.1) is 0 Å². The van der Waals surface area contributed by atoms with Crippen LogP contribution in [0.2, 0.25) is 0 Å². The molecule has 4 heteroatoms. The SMILES string of the molecule is Cc1ccc2c(n1)N1C(CC3CCCCC31)C(=O)N2. The first-order valence-corrected chi connectivity index (χ1v) is 7.31. The van der Waals surface area contributed by atoms with E-state index in [1.54, 1.807) is 0 Å². The van der Waals surface area contributed by atoms with E-state index in [-0.39, 0.29) is 11.9 Å². The van der Waals surface area contributed by atoms with Gasteiger partial charge in [0.1, 0.15) is 6.04 Å². The Morgan fingerprint density at radius 2 is 2.16 bits per heavy atom. The Kier molecular flexibility index (Phi) is 2.34. The summed E-state index contributed by atoms with van der Waals surface area (Å²) in [5.74, 6) is 1.84. The highest BCUT2D eigenvalue weighted by Gasteiger charge is 2.48. The smallest absolute Gasteiger partial charge is 0.247 e. The van der Waals surface area contributed by atoms with Crippen LogP contribution in [0.5, 0.6) is 0 Å².